The Morgan fingerprint density at radius 3 is 1.10 bits per heavy atom. The van der Waals surface area contributed by atoms with Crippen molar-refractivity contribution in [3.63, 3.8) is 0 Å². The van der Waals surface area contributed by atoms with Gasteiger partial charge < -0.3 is 15.7 Å². The van der Waals surface area contributed by atoms with E-state index < -0.39 is 17.7 Å². The number of hydrogen-bond donors (Lipinski definition) is 2. The van der Waals surface area contributed by atoms with Crippen molar-refractivity contribution in [3.8, 4) is 0 Å². The first-order chi connectivity index (χ1) is 3.55. The van der Waals surface area contributed by atoms with E-state index in [4.69, 9.17) is 10.2 Å². The third-order valence-corrected chi connectivity index (χ3v) is 0.388. The van der Waals surface area contributed by atoms with E-state index in [1.165, 1.54) is 0 Å². The van der Waals surface area contributed by atoms with E-state index in [0.717, 1.165) is 0 Å². The van der Waals surface area contributed by atoms with Crippen LogP contribution < -0.4 is 0 Å². The molecule has 10 heavy (non-hydrogen) atoms. The van der Waals surface area contributed by atoms with Gasteiger partial charge in [0.1, 0.15) is 0 Å². The third kappa shape index (κ3) is 5.70. The Balaban J connectivity index is -0.000000245. The van der Waals surface area contributed by atoms with E-state index >= 15 is 0 Å². The number of carbonyl (C=O) groups is 3. The summed E-state index contributed by atoms with van der Waals surface area (Å²) in [6, 6.07) is 0. The van der Waals surface area contributed by atoms with E-state index in [1.807, 2.05) is 0 Å². The van der Waals surface area contributed by atoms with Crippen molar-refractivity contribution in [3.05, 3.63) is 0 Å². The summed E-state index contributed by atoms with van der Waals surface area (Å²) in [5.41, 5.74) is 0. The predicted octanol–water partition coefficient (Wildman–Crippen LogP) is -2.75. The van der Waals surface area contributed by atoms with Gasteiger partial charge in [0.25, 0.3) is 0 Å². The standard InChI is InChI=1S/C3H2O5.Na.H2O.H/c4-1(2(5)6)3(7)8;;;/h(H,5,6)(H,7,8);;1H2;. The average Bonchev–Trinajstić information content (AvgIpc) is 1.64. The van der Waals surface area contributed by atoms with Gasteiger partial charge in [0.2, 0.25) is 0 Å². The SMILES string of the molecule is O.O=C(O)C(=O)C(=O)O.[NaH]. The molecule has 0 saturated carbocycles. The first-order valence-corrected chi connectivity index (χ1v) is 1.56. The zero-order valence-corrected chi connectivity index (χ0v) is 4.12. The van der Waals surface area contributed by atoms with Crippen molar-refractivity contribution in [1.82, 2.24) is 0 Å². The number of carboxylic acids is 2. The van der Waals surface area contributed by atoms with Crippen LogP contribution >= 0.6 is 0 Å². The fourth-order valence-corrected chi connectivity index (χ4v) is 0.0915. The first kappa shape index (κ1) is 16.3. The quantitative estimate of drug-likeness (QED) is 0.257. The third-order valence-electron chi connectivity index (χ3n) is 0.388. The minimum atomic E-state index is -1.95. The molecule has 0 aromatic carbocycles. The Bertz CT molecular complexity index is 135. The molecule has 0 aromatic rings. The van der Waals surface area contributed by atoms with Gasteiger partial charge in [-0.05, 0) is 0 Å². The molecule has 0 spiro atoms. The summed E-state index contributed by atoms with van der Waals surface area (Å²) in [5.74, 6) is -5.71. The van der Waals surface area contributed by atoms with Crippen LogP contribution in [0.3, 0.4) is 0 Å². The molecule has 0 rings (SSSR count). The molecule has 0 atom stereocenters. The zero-order valence-electron chi connectivity index (χ0n) is 4.12. The molecule has 4 N–H and O–H groups in total. The van der Waals surface area contributed by atoms with Crippen LogP contribution in [0.4, 0.5) is 0 Å². The van der Waals surface area contributed by atoms with Crippen LogP contribution in [-0.4, -0.2) is 63.0 Å². The van der Waals surface area contributed by atoms with Gasteiger partial charge >= 0.3 is 47.3 Å². The maximum absolute atomic E-state index is 9.64. The summed E-state index contributed by atoms with van der Waals surface area (Å²) in [7, 11) is 0. The van der Waals surface area contributed by atoms with Crippen molar-refractivity contribution in [2.45, 2.75) is 0 Å². The molecule has 0 aliphatic rings. The number of aliphatic carboxylic acids is 2. The van der Waals surface area contributed by atoms with Gasteiger partial charge in [-0.2, -0.15) is 0 Å². The van der Waals surface area contributed by atoms with Crippen LogP contribution in [0, 0.1) is 0 Å². The van der Waals surface area contributed by atoms with Gasteiger partial charge in [-0.3, -0.25) is 4.79 Å². The molecule has 0 radical (unpaired) electrons. The number of ketones is 1. The van der Waals surface area contributed by atoms with Crippen molar-refractivity contribution in [2.75, 3.05) is 0 Å². The molecule has 0 aliphatic carbocycles. The molecule has 0 unspecified atom stereocenters. The number of carboxylic acid groups (broad SMARTS) is 2. The first-order valence-electron chi connectivity index (χ1n) is 1.56. The normalized spacial score (nSPS) is 6.40. The molecule has 0 bridgehead atoms. The summed E-state index contributed by atoms with van der Waals surface area (Å²) in [4.78, 5) is 28.5. The van der Waals surface area contributed by atoms with Crippen LogP contribution in [0.25, 0.3) is 0 Å². The molecule has 0 saturated heterocycles. The van der Waals surface area contributed by atoms with Gasteiger partial charge in [-0.1, -0.05) is 0 Å². The summed E-state index contributed by atoms with van der Waals surface area (Å²) < 4.78 is 0. The topological polar surface area (TPSA) is 123 Å². The fraction of sp³-hybridized carbons (Fsp3) is 0. The second-order valence-corrected chi connectivity index (χ2v) is 0.939. The molecule has 6 nitrogen and oxygen atoms in total. The number of rotatable bonds is 2. The predicted molar refractivity (Wildman–Crippen MR) is 31.0 cm³/mol. The molecular weight excluding hydrogens is 155 g/mol. The van der Waals surface area contributed by atoms with E-state index in [1.54, 1.807) is 0 Å². The fourth-order valence-electron chi connectivity index (χ4n) is 0.0915. The molecular formula is C3H5NaO6. The Morgan fingerprint density at radius 2 is 1.10 bits per heavy atom. The molecule has 0 fully saturated rings. The number of hydrogen-bond acceptors (Lipinski definition) is 3. The monoisotopic (exact) mass is 160 g/mol. The molecule has 7 heteroatoms. The molecule has 0 heterocycles. The molecule has 0 amide bonds. The second kappa shape index (κ2) is 6.69. The van der Waals surface area contributed by atoms with Crippen LogP contribution in [0.5, 0.6) is 0 Å². The van der Waals surface area contributed by atoms with Gasteiger partial charge in [-0.15, -0.1) is 0 Å². The Morgan fingerprint density at radius 1 is 0.900 bits per heavy atom. The van der Waals surface area contributed by atoms with Crippen LogP contribution in [-0.2, 0) is 14.4 Å². The molecule has 0 aromatic heterocycles. The van der Waals surface area contributed by atoms with Crippen LogP contribution in [0.2, 0.25) is 0 Å². The van der Waals surface area contributed by atoms with Crippen LogP contribution in [0.1, 0.15) is 0 Å². The van der Waals surface area contributed by atoms with E-state index in [9.17, 15) is 14.4 Å². The van der Waals surface area contributed by atoms with Gasteiger partial charge in [0, 0.05) is 0 Å². The van der Waals surface area contributed by atoms with Crippen molar-refractivity contribution >= 4 is 47.3 Å². The van der Waals surface area contributed by atoms with Crippen molar-refractivity contribution in [2.24, 2.45) is 0 Å². The average molecular weight is 160 g/mol. The van der Waals surface area contributed by atoms with E-state index in [-0.39, 0.29) is 35.0 Å². The Hall–Kier alpha value is -0.430. The van der Waals surface area contributed by atoms with Crippen molar-refractivity contribution < 1.29 is 30.1 Å². The summed E-state index contributed by atoms with van der Waals surface area (Å²) in [5, 5.41) is 15.2. The zero-order chi connectivity index (χ0) is 6.73. The van der Waals surface area contributed by atoms with Gasteiger partial charge in [0.15, 0.2) is 0 Å². The maximum atomic E-state index is 9.64. The minimum absolute atomic E-state index is 0. The summed E-state index contributed by atoms with van der Waals surface area (Å²) in [6.07, 6.45) is 0. The van der Waals surface area contributed by atoms with E-state index in [2.05, 4.69) is 0 Å². The summed E-state index contributed by atoms with van der Waals surface area (Å²) >= 11 is 0. The Kier molecular flexibility index (Phi) is 10.9. The number of carbonyl (C=O) groups excluding carboxylic acids is 1. The van der Waals surface area contributed by atoms with Crippen LogP contribution in [0.15, 0.2) is 0 Å². The van der Waals surface area contributed by atoms with Crippen molar-refractivity contribution in [1.29, 1.82) is 0 Å². The Labute approximate surface area is 77.4 Å². The van der Waals surface area contributed by atoms with Gasteiger partial charge in [-0.25, -0.2) is 9.59 Å². The molecule has 54 valence electrons. The number of Topliss-reactive ketones (excluding diaryl/α,β-unsaturated/α-hetero) is 1. The summed E-state index contributed by atoms with van der Waals surface area (Å²) in [6.45, 7) is 0. The molecule has 0 aliphatic heterocycles. The van der Waals surface area contributed by atoms with Gasteiger partial charge in [0.05, 0.1) is 0 Å². The second-order valence-electron chi connectivity index (χ2n) is 0.939. The van der Waals surface area contributed by atoms with E-state index in [0.29, 0.717) is 0 Å².